The maximum Gasteiger partial charge on any atom is 0.213 e. The molecule has 0 spiro atoms. The third-order valence-corrected chi connectivity index (χ3v) is 4.09. The zero-order valence-electron chi connectivity index (χ0n) is 17.3. The van der Waals surface area contributed by atoms with Crippen molar-refractivity contribution in [2.45, 2.75) is 45.9 Å². The molecule has 0 bridgehead atoms. The third-order valence-electron chi connectivity index (χ3n) is 4.09. The van der Waals surface area contributed by atoms with Crippen LogP contribution >= 0.6 is 0 Å². The number of guanidine groups is 1. The number of benzene rings is 1. The molecular weight excluding hydrogens is 352 g/mol. The van der Waals surface area contributed by atoms with E-state index in [9.17, 15) is 0 Å². The van der Waals surface area contributed by atoms with Crippen LogP contribution in [0.4, 0.5) is 0 Å². The quantitative estimate of drug-likeness (QED) is 0.371. The van der Waals surface area contributed by atoms with Crippen LogP contribution in [0.1, 0.15) is 44.4 Å². The molecule has 1 heterocycles. The zero-order chi connectivity index (χ0) is 20.2. The molecule has 2 rings (SSSR count). The second-order valence-corrected chi connectivity index (χ2v) is 6.80. The number of pyridine rings is 1. The molecule has 0 aliphatic carbocycles. The van der Waals surface area contributed by atoms with E-state index < -0.39 is 0 Å². The molecule has 0 fully saturated rings. The Morgan fingerprint density at radius 1 is 1.07 bits per heavy atom. The molecule has 1 aromatic heterocycles. The fourth-order valence-electron chi connectivity index (χ4n) is 2.59. The third kappa shape index (κ3) is 7.96. The summed E-state index contributed by atoms with van der Waals surface area (Å²) in [6.45, 7) is 8.19. The minimum Gasteiger partial charge on any atom is -0.475 e. The van der Waals surface area contributed by atoms with Gasteiger partial charge in [-0.15, -0.1) is 0 Å². The Hall–Kier alpha value is -2.60. The summed E-state index contributed by atoms with van der Waals surface area (Å²) in [6, 6.07) is 14.2. The van der Waals surface area contributed by atoms with Gasteiger partial charge in [-0.2, -0.15) is 0 Å². The van der Waals surface area contributed by atoms with Crippen molar-refractivity contribution in [1.29, 1.82) is 0 Å². The van der Waals surface area contributed by atoms with Crippen LogP contribution in [0.5, 0.6) is 5.88 Å². The average molecular weight is 385 g/mol. The van der Waals surface area contributed by atoms with Crippen LogP contribution in [-0.4, -0.2) is 37.2 Å². The van der Waals surface area contributed by atoms with E-state index >= 15 is 0 Å². The van der Waals surface area contributed by atoms with Crippen LogP contribution in [0.2, 0.25) is 0 Å². The molecule has 0 amide bonds. The minimum atomic E-state index is 0.105. The number of ether oxygens (including phenoxy) is 2. The Balaban J connectivity index is 1.63. The Bertz CT molecular complexity index is 702. The summed E-state index contributed by atoms with van der Waals surface area (Å²) in [5.41, 5.74) is 2.27. The van der Waals surface area contributed by atoms with Gasteiger partial charge in [0, 0.05) is 39.0 Å². The number of hydrogen-bond acceptors (Lipinski definition) is 4. The molecule has 1 atom stereocenters. The van der Waals surface area contributed by atoms with Crippen molar-refractivity contribution >= 4 is 5.96 Å². The van der Waals surface area contributed by atoms with Gasteiger partial charge in [-0.05, 0) is 38.3 Å². The highest BCUT2D eigenvalue weighted by Crippen LogP contribution is 2.15. The molecule has 2 aromatic rings. The summed E-state index contributed by atoms with van der Waals surface area (Å²) >= 11 is 0. The predicted octanol–water partition coefficient (Wildman–Crippen LogP) is 3.70. The zero-order valence-corrected chi connectivity index (χ0v) is 17.3. The van der Waals surface area contributed by atoms with E-state index in [0.29, 0.717) is 19.0 Å². The summed E-state index contributed by atoms with van der Waals surface area (Å²) in [7, 11) is 1.77. The van der Waals surface area contributed by atoms with Gasteiger partial charge in [0.1, 0.15) is 0 Å². The van der Waals surface area contributed by atoms with Gasteiger partial charge >= 0.3 is 0 Å². The maximum absolute atomic E-state index is 5.89. The molecule has 0 saturated heterocycles. The van der Waals surface area contributed by atoms with E-state index in [-0.39, 0.29) is 12.2 Å². The first-order chi connectivity index (χ1) is 13.6. The largest absolute Gasteiger partial charge is 0.475 e. The summed E-state index contributed by atoms with van der Waals surface area (Å²) in [5, 5.41) is 6.59. The Morgan fingerprint density at radius 3 is 2.50 bits per heavy atom. The van der Waals surface area contributed by atoms with Gasteiger partial charge in [-0.3, -0.25) is 4.99 Å². The normalized spacial score (nSPS) is 12.7. The van der Waals surface area contributed by atoms with Gasteiger partial charge in [0.25, 0.3) is 0 Å². The lowest BCUT2D eigenvalue weighted by molar-refractivity contribution is 0.0646. The van der Waals surface area contributed by atoms with Crippen LogP contribution in [-0.2, 0) is 11.3 Å². The van der Waals surface area contributed by atoms with Crippen LogP contribution in [0.15, 0.2) is 53.7 Å². The number of nitrogens with zero attached hydrogens (tertiary/aromatic N) is 2. The minimum absolute atomic E-state index is 0.105. The van der Waals surface area contributed by atoms with Crippen molar-refractivity contribution < 1.29 is 9.47 Å². The number of nitrogens with one attached hydrogen (secondary N) is 2. The van der Waals surface area contributed by atoms with Gasteiger partial charge in [0.2, 0.25) is 5.88 Å². The highest BCUT2D eigenvalue weighted by molar-refractivity contribution is 5.79. The second kappa shape index (κ2) is 12.0. The first-order valence-electron chi connectivity index (χ1n) is 9.81. The summed E-state index contributed by atoms with van der Waals surface area (Å²) in [5.74, 6) is 1.41. The molecular formula is C22H32N4O2. The highest BCUT2D eigenvalue weighted by atomic mass is 16.5. The van der Waals surface area contributed by atoms with Gasteiger partial charge in [0.05, 0.1) is 12.2 Å². The molecule has 1 aromatic carbocycles. The van der Waals surface area contributed by atoms with Gasteiger partial charge in [-0.1, -0.05) is 36.4 Å². The van der Waals surface area contributed by atoms with Crippen LogP contribution in [0, 0.1) is 0 Å². The smallest absolute Gasteiger partial charge is 0.213 e. The Labute approximate surface area is 168 Å². The van der Waals surface area contributed by atoms with E-state index in [1.807, 2.05) is 50.4 Å². The first kappa shape index (κ1) is 21.7. The van der Waals surface area contributed by atoms with Crippen molar-refractivity contribution in [2.75, 3.05) is 20.2 Å². The van der Waals surface area contributed by atoms with Crippen molar-refractivity contribution in [2.24, 2.45) is 4.99 Å². The SMILES string of the molecule is CN=C(NCCCOC(C)c1ccccc1)NCc1ccc(OC(C)C)nc1. The topological polar surface area (TPSA) is 67.8 Å². The standard InChI is InChI=1S/C22H32N4O2/c1-17(2)28-21-12-11-19(15-25-21)16-26-22(23-4)24-13-8-14-27-18(3)20-9-6-5-7-10-20/h5-7,9-12,15,17-18H,8,13-14,16H2,1-4H3,(H2,23,24,26). The van der Waals surface area contributed by atoms with Crippen LogP contribution in [0.3, 0.4) is 0 Å². The summed E-state index contributed by atoms with van der Waals surface area (Å²) < 4.78 is 11.4. The van der Waals surface area contributed by atoms with E-state index in [0.717, 1.165) is 24.5 Å². The number of aromatic nitrogens is 1. The predicted molar refractivity (Wildman–Crippen MR) is 114 cm³/mol. The molecule has 28 heavy (non-hydrogen) atoms. The molecule has 6 nitrogen and oxygen atoms in total. The maximum atomic E-state index is 5.89. The number of rotatable bonds is 10. The Kier molecular flexibility index (Phi) is 9.28. The van der Waals surface area contributed by atoms with Crippen molar-refractivity contribution in [3.05, 3.63) is 59.8 Å². The lowest BCUT2D eigenvalue weighted by atomic mass is 10.1. The van der Waals surface area contributed by atoms with E-state index in [1.54, 1.807) is 7.05 Å². The molecule has 0 saturated carbocycles. The van der Waals surface area contributed by atoms with E-state index in [4.69, 9.17) is 9.47 Å². The number of hydrogen-bond donors (Lipinski definition) is 2. The number of aliphatic imine (C=N–C) groups is 1. The average Bonchev–Trinajstić information content (AvgIpc) is 2.71. The fourth-order valence-corrected chi connectivity index (χ4v) is 2.59. The first-order valence-corrected chi connectivity index (χ1v) is 9.81. The van der Waals surface area contributed by atoms with Crippen molar-refractivity contribution in [3.63, 3.8) is 0 Å². The molecule has 6 heteroatoms. The fraction of sp³-hybridized carbons (Fsp3) is 0.455. The lowest BCUT2D eigenvalue weighted by Crippen LogP contribution is -2.37. The molecule has 0 aliphatic heterocycles. The van der Waals surface area contributed by atoms with Crippen LogP contribution < -0.4 is 15.4 Å². The summed E-state index contributed by atoms with van der Waals surface area (Å²) in [6.07, 6.45) is 2.95. The Morgan fingerprint density at radius 2 is 1.86 bits per heavy atom. The molecule has 2 N–H and O–H groups in total. The van der Waals surface area contributed by atoms with E-state index in [1.165, 1.54) is 5.56 Å². The lowest BCUT2D eigenvalue weighted by Gasteiger charge is -2.15. The second-order valence-electron chi connectivity index (χ2n) is 6.80. The molecule has 1 unspecified atom stereocenters. The molecule has 0 radical (unpaired) electrons. The van der Waals surface area contributed by atoms with Crippen molar-refractivity contribution in [3.8, 4) is 5.88 Å². The van der Waals surface area contributed by atoms with E-state index in [2.05, 4.69) is 39.7 Å². The highest BCUT2D eigenvalue weighted by Gasteiger charge is 2.05. The van der Waals surface area contributed by atoms with Crippen LogP contribution in [0.25, 0.3) is 0 Å². The molecule has 152 valence electrons. The van der Waals surface area contributed by atoms with Gasteiger partial charge < -0.3 is 20.1 Å². The van der Waals surface area contributed by atoms with Crippen molar-refractivity contribution in [1.82, 2.24) is 15.6 Å². The van der Waals surface area contributed by atoms with Gasteiger partial charge in [0.15, 0.2) is 5.96 Å². The van der Waals surface area contributed by atoms with Gasteiger partial charge in [-0.25, -0.2) is 4.98 Å². The summed E-state index contributed by atoms with van der Waals surface area (Å²) in [4.78, 5) is 8.56. The molecule has 0 aliphatic rings. The monoisotopic (exact) mass is 384 g/mol.